The number of methoxy groups -OCH3 is 1. The standard InChI is InChI=1S/C12H18N2O3/c1-9-7-13-4-5-14(9)8-11-10(3-6-17-11)12(15)16-2/h3,6,9,13H,4-5,7-8H2,1-2H3. The Bertz CT molecular complexity index is 389. The van der Waals surface area contributed by atoms with Crippen LogP contribution in [0.5, 0.6) is 0 Å². The molecule has 0 radical (unpaired) electrons. The van der Waals surface area contributed by atoms with Gasteiger partial charge < -0.3 is 14.5 Å². The molecule has 1 atom stereocenters. The van der Waals surface area contributed by atoms with Crippen LogP contribution in [0, 0.1) is 0 Å². The molecule has 1 saturated heterocycles. The van der Waals surface area contributed by atoms with Crippen LogP contribution in [0.1, 0.15) is 23.0 Å². The van der Waals surface area contributed by atoms with E-state index in [1.54, 1.807) is 6.07 Å². The molecule has 0 amide bonds. The van der Waals surface area contributed by atoms with Gasteiger partial charge >= 0.3 is 5.97 Å². The van der Waals surface area contributed by atoms with Crippen LogP contribution in [0.25, 0.3) is 0 Å². The first kappa shape index (κ1) is 12.1. The lowest BCUT2D eigenvalue weighted by Crippen LogP contribution is -2.49. The Morgan fingerprint density at radius 2 is 2.53 bits per heavy atom. The molecule has 1 unspecified atom stereocenters. The summed E-state index contributed by atoms with van der Waals surface area (Å²) >= 11 is 0. The molecule has 0 bridgehead atoms. The molecule has 0 aliphatic carbocycles. The molecule has 0 spiro atoms. The van der Waals surface area contributed by atoms with Crippen molar-refractivity contribution in [3.05, 3.63) is 23.7 Å². The number of nitrogens with zero attached hydrogens (tertiary/aromatic N) is 1. The van der Waals surface area contributed by atoms with Crippen molar-refractivity contribution in [3.63, 3.8) is 0 Å². The zero-order chi connectivity index (χ0) is 12.3. The fourth-order valence-electron chi connectivity index (χ4n) is 2.06. The Morgan fingerprint density at radius 3 is 3.24 bits per heavy atom. The topological polar surface area (TPSA) is 54.7 Å². The number of rotatable bonds is 3. The van der Waals surface area contributed by atoms with Crippen LogP contribution in [0.4, 0.5) is 0 Å². The molecule has 1 aliphatic heterocycles. The minimum Gasteiger partial charge on any atom is -0.467 e. The van der Waals surface area contributed by atoms with Crippen molar-refractivity contribution in [1.29, 1.82) is 0 Å². The number of nitrogens with one attached hydrogen (secondary N) is 1. The van der Waals surface area contributed by atoms with Crippen molar-refractivity contribution < 1.29 is 13.9 Å². The zero-order valence-corrected chi connectivity index (χ0v) is 10.2. The molecule has 2 heterocycles. The molecule has 0 aromatic carbocycles. The molecule has 94 valence electrons. The van der Waals surface area contributed by atoms with Crippen molar-refractivity contribution in [3.8, 4) is 0 Å². The van der Waals surface area contributed by atoms with Gasteiger partial charge in [0.15, 0.2) is 0 Å². The maximum Gasteiger partial charge on any atom is 0.341 e. The first-order valence-corrected chi connectivity index (χ1v) is 5.82. The predicted molar refractivity (Wildman–Crippen MR) is 62.8 cm³/mol. The zero-order valence-electron chi connectivity index (χ0n) is 10.2. The van der Waals surface area contributed by atoms with Gasteiger partial charge in [-0.1, -0.05) is 0 Å². The second kappa shape index (κ2) is 5.33. The minimum atomic E-state index is -0.337. The van der Waals surface area contributed by atoms with Crippen LogP contribution in [0.2, 0.25) is 0 Å². The van der Waals surface area contributed by atoms with E-state index in [9.17, 15) is 4.79 Å². The van der Waals surface area contributed by atoms with Gasteiger partial charge in [-0.15, -0.1) is 0 Å². The summed E-state index contributed by atoms with van der Waals surface area (Å²) < 4.78 is 10.1. The minimum absolute atomic E-state index is 0.337. The van der Waals surface area contributed by atoms with E-state index in [2.05, 4.69) is 17.1 Å². The fraction of sp³-hybridized carbons (Fsp3) is 0.583. The number of carbonyl (C=O) groups excluding carboxylic acids is 1. The third-order valence-corrected chi connectivity index (χ3v) is 3.14. The first-order valence-electron chi connectivity index (χ1n) is 5.82. The van der Waals surface area contributed by atoms with Crippen LogP contribution in [0.3, 0.4) is 0 Å². The molecular formula is C12H18N2O3. The lowest BCUT2D eigenvalue weighted by Gasteiger charge is -2.33. The Kier molecular flexibility index (Phi) is 3.81. The highest BCUT2D eigenvalue weighted by Crippen LogP contribution is 2.16. The van der Waals surface area contributed by atoms with Gasteiger partial charge in [0.2, 0.25) is 0 Å². The molecule has 1 fully saturated rings. The third kappa shape index (κ3) is 2.68. The molecule has 1 aliphatic rings. The quantitative estimate of drug-likeness (QED) is 0.791. The highest BCUT2D eigenvalue weighted by atomic mass is 16.5. The van der Waals surface area contributed by atoms with Gasteiger partial charge in [-0.25, -0.2) is 4.79 Å². The summed E-state index contributed by atoms with van der Waals surface area (Å²) in [6.45, 7) is 5.71. The van der Waals surface area contributed by atoms with Gasteiger partial charge in [0.1, 0.15) is 11.3 Å². The van der Waals surface area contributed by atoms with E-state index < -0.39 is 0 Å². The molecule has 5 nitrogen and oxygen atoms in total. The summed E-state index contributed by atoms with van der Waals surface area (Å²) in [6, 6.07) is 2.10. The molecule has 1 N–H and O–H groups in total. The van der Waals surface area contributed by atoms with E-state index in [-0.39, 0.29) is 5.97 Å². The molecular weight excluding hydrogens is 220 g/mol. The summed E-state index contributed by atoms with van der Waals surface area (Å²) in [4.78, 5) is 13.8. The summed E-state index contributed by atoms with van der Waals surface area (Å²) in [7, 11) is 1.38. The van der Waals surface area contributed by atoms with E-state index in [0.29, 0.717) is 23.9 Å². The number of ether oxygens (including phenoxy) is 1. The monoisotopic (exact) mass is 238 g/mol. The largest absolute Gasteiger partial charge is 0.467 e. The fourth-order valence-corrected chi connectivity index (χ4v) is 2.06. The van der Waals surface area contributed by atoms with Crippen molar-refractivity contribution in [2.75, 3.05) is 26.7 Å². The molecule has 17 heavy (non-hydrogen) atoms. The molecule has 0 saturated carbocycles. The van der Waals surface area contributed by atoms with E-state index in [1.165, 1.54) is 13.4 Å². The molecule has 1 aromatic rings. The van der Waals surface area contributed by atoms with Crippen molar-refractivity contribution in [2.24, 2.45) is 0 Å². The van der Waals surface area contributed by atoms with E-state index in [1.807, 2.05) is 0 Å². The third-order valence-electron chi connectivity index (χ3n) is 3.14. The maximum absolute atomic E-state index is 11.5. The van der Waals surface area contributed by atoms with Crippen molar-refractivity contribution in [2.45, 2.75) is 19.5 Å². The second-order valence-electron chi connectivity index (χ2n) is 4.27. The molecule has 1 aromatic heterocycles. The number of esters is 1. The highest BCUT2D eigenvalue weighted by molar-refractivity contribution is 5.90. The smallest absolute Gasteiger partial charge is 0.341 e. The average molecular weight is 238 g/mol. The number of piperazine rings is 1. The Labute approximate surface area is 101 Å². The molecule has 2 rings (SSSR count). The van der Waals surface area contributed by atoms with Gasteiger partial charge in [-0.05, 0) is 13.0 Å². The number of hydrogen-bond acceptors (Lipinski definition) is 5. The lowest BCUT2D eigenvalue weighted by molar-refractivity contribution is 0.0594. The summed E-state index contributed by atoms with van der Waals surface area (Å²) in [5.41, 5.74) is 0.526. The maximum atomic E-state index is 11.5. The van der Waals surface area contributed by atoms with E-state index >= 15 is 0 Å². The Morgan fingerprint density at radius 1 is 1.71 bits per heavy atom. The number of hydrogen-bond donors (Lipinski definition) is 1. The summed E-state index contributed by atoms with van der Waals surface area (Å²) in [5.74, 6) is 0.349. The number of furan rings is 1. The predicted octanol–water partition coefficient (Wildman–Crippen LogP) is 0.860. The van der Waals surface area contributed by atoms with Crippen LogP contribution >= 0.6 is 0 Å². The summed E-state index contributed by atoms with van der Waals surface area (Å²) in [5, 5.41) is 3.33. The average Bonchev–Trinajstić information content (AvgIpc) is 2.79. The Hall–Kier alpha value is -1.33. The van der Waals surface area contributed by atoms with Gasteiger partial charge in [0, 0.05) is 25.7 Å². The SMILES string of the molecule is COC(=O)c1ccoc1CN1CCNCC1C. The van der Waals surface area contributed by atoms with Crippen molar-refractivity contribution >= 4 is 5.97 Å². The normalized spacial score (nSPS) is 21.4. The summed E-state index contributed by atoms with van der Waals surface area (Å²) in [6.07, 6.45) is 1.54. The van der Waals surface area contributed by atoms with Crippen molar-refractivity contribution in [1.82, 2.24) is 10.2 Å². The van der Waals surface area contributed by atoms with Gasteiger partial charge in [-0.3, -0.25) is 4.90 Å². The first-order chi connectivity index (χ1) is 8.22. The van der Waals surface area contributed by atoms with E-state index in [0.717, 1.165) is 19.6 Å². The second-order valence-corrected chi connectivity index (χ2v) is 4.27. The van der Waals surface area contributed by atoms with Crippen LogP contribution in [-0.2, 0) is 11.3 Å². The van der Waals surface area contributed by atoms with Gasteiger partial charge in [0.25, 0.3) is 0 Å². The van der Waals surface area contributed by atoms with Crippen LogP contribution in [-0.4, -0.2) is 43.7 Å². The lowest BCUT2D eigenvalue weighted by atomic mass is 10.2. The number of carbonyl (C=O) groups is 1. The van der Waals surface area contributed by atoms with Gasteiger partial charge in [-0.2, -0.15) is 0 Å². The van der Waals surface area contributed by atoms with Crippen LogP contribution in [0.15, 0.2) is 16.7 Å². The van der Waals surface area contributed by atoms with E-state index in [4.69, 9.17) is 9.15 Å². The Balaban J connectivity index is 2.07. The molecule has 5 heteroatoms. The van der Waals surface area contributed by atoms with Crippen LogP contribution < -0.4 is 5.32 Å². The van der Waals surface area contributed by atoms with Gasteiger partial charge in [0.05, 0.1) is 19.9 Å². The highest BCUT2D eigenvalue weighted by Gasteiger charge is 2.22.